The number of carbonyl (C=O) groups is 1. The number of nitrogen functional groups attached to an aromatic ring is 2. The highest BCUT2D eigenvalue weighted by molar-refractivity contribution is 6.13. The van der Waals surface area contributed by atoms with E-state index in [0.29, 0.717) is 5.56 Å². The molecule has 0 aliphatic heterocycles. The standard InChI is InChI=1S/C13H10F2N2O/c14-9-6-8(11(16)12(17)10(9)15)13(18)7-4-2-1-3-5-7/h1-6H,16-17H2. The molecule has 0 saturated heterocycles. The van der Waals surface area contributed by atoms with E-state index in [2.05, 4.69) is 0 Å². The minimum Gasteiger partial charge on any atom is -0.396 e. The second kappa shape index (κ2) is 4.44. The maximum Gasteiger partial charge on any atom is 0.195 e. The van der Waals surface area contributed by atoms with Crippen LogP contribution in [0.25, 0.3) is 0 Å². The lowest BCUT2D eigenvalue weighted by molar-refractivity contribution is 0.103. The zero-order valence-electron chi connectivity index (χ0n) is 9.28. The van der Waals surface area contributed by atoms with Crippen LogP contribution in [0.15, 0.2) is 36.4 Å². The monoisotopic (exact) mass is 248 g/mol. The second-order valence-electron chi connectivity index (χ2n) is 3.74. The van der Waals surface area contributed by atoms with Gasteiger partial charge < -0.3 is 11.5 Å². The van der Waals surface area contributed by atoms with Crippen LogP contribution in [0.1, 0.15) is 15.9 Å². The maximum absolute atomic E-state index is 13.2. The molecule has 0 aliphatic carbocycles. The molecule has 0 bridgehead atoms. The predicted molar refractivity (Wildman–Crippen MR) is 65.1 cm³/mol. The highest BCUT2D eigenvalue weighted by atomic mass is 19.2. The molecule has 4 N–H and O–H groups in total. The highest BCUT2D eigenvalue weighted by Crippen LogP contribution is 2.27. The summed E-state index contributed by atoms with van der Waals surface area (Å²) in [5.74, 6) is -2.93. The number of hydrogen-bond donors (Lipinski definition) is 2. The SMILES string of the molecule is Nc1c(C(=O)c2ccccc2)cc(F)c(F)c1N. The predicted octanol–water partition coefficient (Wildman–Crippen LogP) is 2.36. The average Bonchev–Trinajstić information content (AvgIpc) is 2.41. The van der Waals surface area contributed by atoms with Gasteiger partial charge in [0, 0.05) is 5.56 Å². The van der Waals surface area contributed by atoms with Crippen molar-refractivity contribution >= 4 is 17.2 Å². The minimum atomic E-state index is -1.24. The second-order valence-corrected chi connectivity index (χ2v) is 3.74. The number of halogens is 2. The molecule has 18 heavy (non-hydrogen) atoms. The zero-order chi connectivity index (χ0) is 13.3. The Morgan fingerprint density at radius 1 is 1.00 bits per heavy atom. The molecule has 0 atom stereocenters. The molecular formula is C13H10F2N2O. The Bertz CT molecular complexity index is 612. The van der Waals surface area contributed by atoms with Crippen LogP contribution >= 0.6 is 0 Å². The molecule has 2 rings (SSSR count). The zero-order valence-corrected chi connectivity index (χ0v) is 9.28. The quantitative estimate of drug-likeness (QED) is 0.633. The van der Waals surface area contributed by atoms with Gasteiger partial charge in [-0.05, 0) is 6.07 Å². The van der Waals surface area contributed by atoms with Gasteiger partial charge in [-0.1, -0.05) is 30.3 Å². The Labute approximate surface area is 102 Å². The summed E-state index contributed by atoms with van der Waals surface area (Å²) in [6, 6.07) is 8.92. The van der Waals surface area contributed by atoms with Gasteiger partial charge >= 0.3 is 0 Å². The van der Waals surface area contributed by atoms with E-state index in [1.807, 2.05) is 0 Å². The number of carbonyl (C=O) groups excluding carboxylic acids is 1. The number of anilines is 2. The molecule has 3 nitrogen and oxygen atoms in total. The Kier molecular flexibility index (Phi) is 2.97. The number of ketones is 1. The fourth-order valence-electron chi connectivity index (χ4n) is 1.59. The first-order valence-corrected chi connectivity index (χ1v) is 5.15. The van der Waals surface area contributed by atoms with E-state index < -0.39 is 23.1 Å². The van der Waals surface area contributed by atoms with Gasteiger partial charge in [0.1, 0.15) is 0 Å². The molecule has 0 spiro atoms. The number of rotatable bonds is 2. The minimum absolute atomic E-state index is 0.141. The van der Waals surface area contributed by atoms with Crippen molar-refractivity contribution in [1.29, 1.82) is 0 Å². The molecule has 92 valence electrons. The molecule has 0 aliphatic rings. The topological polar surface area (TPSA) is 69.1 Å². The summed E-state index contributed by atoms with van der Waals surface area (Å²) in [5, 5.41) is 0. The summed E-state index contributed by atoms with van der Waals surface area (Å²) < 4.78 is 26.4. The van der Waals surface area contributed by atoms with Crippen LogP contribution in [-0.4, -0.2) is 5.78 Å². The van der Waals surface area contributed by atoms with E-state index in [9.17, 15) is 13.6 Å². The Hall–Kier alpha value is -2.43. The molecule has 0 unspecified atom stereocenters. The summed E-state index contributed by atoms with van der Waals surface area (Å²) in [6.45, 7) is 0. The smallest absolute Gasteiger partial charge is 0.195 e. The summed E-state index contributed by atoms with van der Waals surface area (Å²) in [5.41, 5.74) is 10.2. The van der Waals surface area contributed by atoms with Gasteiger partial charge in [0.15, 0.2) is 17.4 Å². The fourth-order valence-corrected chi connectivity index (χ4v) is 1.59. The molecule has 0 heterocycles. The van der Waals surface area contributed by atoms with Gasteiger partial charge in [0.05, 0.1) is 16.9 Å². The molecule has 2 aromatic rings. The first kappa shape index (κ1) is 12.0. The van der Waals surface area contributed by atoms with Crippen molar-refractivity contribution in [3.05, 3.63) is 59.2 Å². The lowest BCUT2D eigenvalue weighted by Gasteiger charge is -2.09. The molecule has 5 heteroatoms. The van der Waals surface area contributed by atoms with Crippen LogP contribution in [0.4, 0.5) is 20.2 Å². The molecular weight excluding hydrogens is 238 g/mol. The van der Waals surface area contributed by atoms with Crippen molar-refractivity contribution in [2.45, 2.75) is 0 Å². The summed E-state index contributed by atoms with van der Waals surface area (Å²) >= 11 is 0. The normalized spacial score (nSPS) is 10.3. The molecule has 0 saturated carbocycles. The molecule has 0 radical (unpaired) electrons. The Morgan fingerprint density at radius 3 is 2.22 bits per heavy atom. The third-order valence-corrected chi connectivity index (χ3v) is 2.58. The van der Waals surface area contributed by atoms with E-state index in [-0.39, 0.29) is 11.3 Å². The average molecular weight is 248 g/mol. The van der Waals surface area contributed by atoms with E-state index in [1.54, 1.807) is 30.3 Å². The van der Waals surface area contributed by atoms with Crippen molar-refractivity contribution in [2.24, 2.45) is 0 Å². The summed E-state index contributed by atoms with van der Waals surface area (Å²) in [4.78, 5) is 12.1. The van der Waals surface area contributed by atoms with Crippen LogP contribution in [-0.2, 0) is 0 Å². The lowest BCUT2D eigenvalue weighted by atomic mass is 10.0. The van der Waals surface area contributed by atoms with Crippen LogP contribution in [0.3, 0.4) is 0 Å². The lowest BCUT2D eigenvalue weighted by Crippen LogP contribution is -2.10. The van der Waals surface area contributed by atoms with Crippen molar-refractivity contribution < 1.29 is 13.6 Å². The van der Waals surface area contributed by atoms with Crippen molar-refractivity contribution in [1.82, 2.24) is 0 Å². The Balaban J connectivity index is 2.56. The van der Waals surface area contributed by atoms with Crippen LogP contribution < -0.4 is 11.5 Å². The van der Waals surface area contributed by atoms with Crippen molar-refractivity contribution in [3.8, 4) is 0 Å². The van der Waals surface area contributed by atoms with Crippen LogP contribution in [0.2, 0.25) is 0 Å². The van der Waals surface area contributed by atoms with Gasteiger partial charge in [0.2, 0.25) is 0 Å². The number of hydrogen-bond acceptors (Lipinski definition) is 3. The van der Waals surface area contributed by atoms with Gasteiger partial charge in [-0.25, -0.2) is 8.78 Å². The molecule has 0 fully saturated rings. The van der Waals surface area contributed by atoms with E-state index in [4.69, 9.17) is 11.5 Å². The first-order valence-electron chi connectivity index (χ1n) is 5.15. The fraction of sp³-hybridized carbons (Fsp3) is 0. The third kappa shape index (κ3) is 1.90. The van der Waals surface area contributed by atoms with Crippen molar-refractivity contribution in [3.63, 3.8) is 0 Å². The third-order valence-electron chi connectivity index (χ3n) is 2.58. The van der Waals surface area contributed by atoms with Gasteiger partial charge in [-0.3, -0.25) is 4.79 Å². The van der Waals surface area contributed by atoms with E-state index >= 15 is 0 Å². The highest BCUT2D eigenvalue weighted by Gasteiger charge is 2.19. The van der Waals surface area contributed by atoms with Crippen LogP contribution in [0, 0.1) is 11.6 Å². The number of benzene rings is 2. The van der Waals surface area contributed by atoms with E-state index in [1.165, 1.54) is 0 Å². The van der Waals surface area contributed by atoms with Gasteiger partial charge in [-0.2, -0.15) is 0 Å². The van der Waals surface area contributed by atoms with Crippen molar-refractivity contribution in [2.75, 3.05) is 11.5 Å². The molecule has 0 amide bonds. The van der Waals surface area contributed by atoms with Gasteiger partial charge in [-0.15, -0.1) is 0 Å². The number of nitrogens with two attached hydrogens (primary N) is 2. The maximum atomic E-state index is 13.2. The molecule has 0 aromatic heterocycles. The van der Waals surface area contributed by atoms with Gasteiger partial charge in [0.25, 0.3) is 0 Å². The molecule has 2 aromatic carbocycles. The first-order chi connectivity index (χ1) is 8.52. The Morgan fingerprint density at radius 2 is 1.61 bits per heavy atom. The summed E-state index contributed by atoms with van der Waals surface area (Å²) in [6.07, 6.45) is 0. The summed E-state index contributed by atoms with van der Waals surface area (Å²) in [7, 11) is 0. The van der Waals surface area contributed by atoms with Crippen LogP contribution in [0.5, 0.6) is 0 Å². The largest absolute Gasteiger partial charge is 0.396 e. The van der Waals surface area contributed by atoms with E-state index in [0.717, 1.165) is 6.07 Å².